The second-order valence-electron chi connectivity index (χ2n) is 7.26. The summed E-state index contributed by atoms with van der Waals surface area (Å²) in [7, 11) is -3.70. The highest BCUT2D eigenvalue weighted by Crippen LogP contribution is 2.19. The molecule has 1 atom stereocenters. The van der Waals surface area contributed by atoms with Crippen molar-refractivity contribution >= 4 is 39.7 Å². The fourth-order valence-electron chi connectivity index (χ4n) is 3.10. The number of carbonyl (C=O) groups excluding carboxylic acids is 1. The molecule has 0 bridgehead atoms. The lowest BCUT2D eigenvalue weighted by Crippen LogP contribution is -2.34. The highest BCUT2D eigenvalue weighted by atomic mass is 35.5. The number of halogens is 1. The maximum Gasteiger partial charge on any atom is 0.264 e. The van der Waals surface area contributed by atoms with Crippen LogP contribution < -0.4 is 15.4 Å². The quantitative estimate of drug-likeness (QED) is 0.293. The summed E-state index contributed by atoms with van der Waals surface area (Å²) < 4.78 is 26.6. The van der Waals surface area contributed by atoms with E-state index in [1.54, 1.807) is 13.0 Å². The number of benzene rings is 2. The number of hydrogen-bond acceptors (Lipinski definition) is 5. The predicted octanol–water partition coefficient (Wildman–Crippen LogP) is 3.27. The monoisotopic (exact) mass is 445 g/mol. The summed E-state index contributed by atoms with van der Waals surface area (Å²) in [6.45, 7) is 3.64. The van der Waals surface area contributed by atoms with E-state index in [9.17, 15) is 13.2 Å². The van der Waals surface area contributed by atoms with Crippen LogP contribution in [0, 0.1) is 0 Å². The second kappa shape index (κ2) is 9.10. The van der Waals surface area contributed by atoms with Gasteiger partial charge in [-0.1, -0.05) is 73.9 Å². The van der Waals surface area contributed by atoms with E-state index in [4.69, 9.17) is 11.6 Å². The highest BCUT2D eigenvalue weighted by Gasteiger charge is 2.24. The van der Waals surface area contributed by atoms with Crippen LogP contribution >= 0.6 is 11.6 Å². The van der Waals surface area contributed by atoms with E-state index in [2.05, 4.69) is 14.7 Å². The largest absolute Gasteiger partial charge is 0.268 e. The molecule has 0 aromatic heterocycles. The summed E-state index contributed by atoms with van der Waals surface area (Å²) >= 11 is 6.28. The first-order valence-electron chi connectivity index (χ1n) is 9.80. The van der Waals surface area contributed by atoms with Gasteiger partial charge in [-0.2, -0.15) is 0 Å². The molecule has 1 heterocycles. The number of alkyl halides is 1. The van der Waals surface area contributed by atoms with Gasteiger partial charge in [0.05, 0.1) is 16.5 Å². The van der Waals surface area contributed by atoms with Gasteiger partial charge in [0.1, 0.15) is 0 Å². The van der Waals surface area contributed by atoms with Crippen molar-refractivity contribution in [3.63, 3.8) is 0 Å². The number of nitrogens with one attached hydrogen (secondary N) is 1. The third-order valence-electron chi connectivity index (χ3n) is 4.54. The average molecular weight is 446 g/mol. The molecule has 0 radical (unpaired) electrons. The number of hydrogen-bond donors (Lipinski definition) is 1. The first kappa shape index (κ1) is 22.2. The van der Waals surface area contributed by atoms with Gasteiger partial charge in [0.15, 0.2) is 0 Å². The standard InChI is InChI=1S/C22H24ClN3O3S/c1-3-4-8-13-30(28,29)26-21(27)18-14-17(12-11-16-9-6-5-7-10-16)20-19(15-18)24-22(2,23)25-20/h5-7,9-12,14-15H,3-4,8,13H2,1-2H3,(H,26,27)/b12-11+. The van der Waals surface area contributed by atoms with E-state index < -0.39 is 21.1 Å². The van der Waals surface area contributed by atoms with Gasteiger partial charge in [-0.3, -0.25) is 4.79 Å². The van der Waals surface area contributed by atoms with Crippen molar-refractivity contribution in [1.82, 2.24) is 4.72 Å². The van der Waals surface area contributed by atoms with Crippen LogP contribution in [0.1, 0.15) is 54.6 Å². The van der Waals surface area contributed by atoms with Gasteiger partial charge in [-0.15, -0.1) is 0 Å². The van der Waals surface area contributed by atoms with Gasteiger partial charge >= 0.3 is 0 Å². The molecule has 1 aliphatic heterocycles. The molecule has 1 amide bonds. The molecule has 1 unspecified atom stereocenters. The normalized spacial score (nSPS) is 18.0. The van der Waals surface area contributed by atoms with Crippen molar-refractivity contribution in [3.8, 4) is 0 Å². The molecule has 0 aliphatic carbocycles. The lowest BCUT2D eigenvalue weighted by atomic mass is 10.1. The summed E-state index contributed by atoms with van der Waals surface area (Å²) in [5.41, 5.74) is 1.80. The van der Waals surface area contributed by atoms with Gasteiger partial charge in [-0.25, -0.2) is 23.1 Å². The van der Waals surface area contributed by atoms with Crippen molar-refractivity contribution in [1.29, 1.82) is 0 Å². The SMILES string of the molecule is CCCCCS(=O)(=O)NC(=O)c1cc(/C=C/c2ccccc2)c2c(c1)=NC(C)(Cl)N=2. The number of carbonyl (C=O) groups is 1. The molecule has 2 aromatic rings. The zero-order valence-corrected chi connectivity index (χ0v) is 18.5. The van der Waals surface area contributed by atoms with Crippen LogP contribution in [0.5, 0.6) is 0 Å². The van der Waals surface area contributed by atoms with Gasteiger partial charge < -0.3 is 0 Å². The van der Waals surface area contributed by atoms with Crippen LogP contribution in [0.15, 0.2) is 52.4 Å². The number of fused-ring (bicyclic) bond motifs is 1. The van der Waals surface area contributed by atoms with Crippen molar-refractivity contribution in [2.45, 2.75) is 38.2 Å². The first-order chi connectivity index (χ1) is 14.2. The zero-order chi connectivity index (χ0) is 21.8. The van der Waals surface area contributed by atoms with Crippen LogP contribution in [0.3, 0.4) is 0 Å². The Hall–Kier alpha value is -2.51. The number of amides is 1. The summed E-state index contributed by atoms with van der Waals surface area (Å²) in [6, 6.07) is 12.8. The number of rotatable bonds is 8. The van der Waals surface area contributed by atoms with Crippen molar-refractivity contribution in [3.05, 3.63) is 69.9 Å². The van der Waals surface area contributed by atoms with Crippen LogP contribution in [-0.2, 0) is 10.0 Å². The molecule has 8 heteroatoms. The fourth-order valence-corrected chi connectivity index (χ4v) is 4.36. The molecule has 158 valence electrons. The maximum atomic E-state index is 12.7. The van der Waals surface area contributed by atoms with Crippen molar-refractivity contribution < 1.29 is 13.2 Å². The summed E-state index contributed by atoms with van der Waals surface area (Å²) in [5, 5.41) is -0.128. The Labute approximate surface area is 181 Å². The average Bonchev–Trinajstić information content (AvgIpc) is 3.00. The Bertz CT molecular complexity index is 1190. The molecular weight excluding hydrogens is 422 g/mol. The van der Waals surface area contributed by atoms with Crippen molar-refractivity contribution in [2.75, 3.05) is 5.75 Å². The molecular formula is C22H24ClN3O3S. The molecule has 1 N–H and O–H groups in total. The lowest BCUT2D eigenvalue weighted by molar-refractivity contribution is 0.0981. The number of sulfonamides is 1. The molecule has 30 heavy (non-hydrogen) atoms. The minimum Gasteiger partial charge on any atom is -0.268 e. The van der Waals surface area contributed by atoms with Gasteiger partial charge in [-0.05, 0) is 31.0 Å². The van der Waals surface area contributed by atoms with Gasteiger partial charge in [0.2, 0.25) is 15.1 Å². The van der Waals surface area contributed by atoms with Crippen molar-refractivity contribution in [2.24, 2.45) is 9.98 Å². The summed E-state index contributed by atoms with van der Waals surface area (Å²) in [5.74, 6) is -0.778. The van der Waals surface area contributed by atoms with Crippen LogP contribution in [0.4, 0.5) is 0 Å². The Kier molecular flexibility index (Phi) is 6.73. The maximum absolute atomic E-state index is 12.7. The van der Waals surface area contributed by atoms with E-state index in [0.717, 1.165) is 18.4 Å². The molecule has 0 fully saturated rings. The Balaban J connectivity index is 1.95. The molecule has 6 nitrogen and oxygen atoms in total. The molecule has 0 spiro atoms. The predicted molar refractivity (Wildman–Crippen MR) is 119 cm³/mol. The lowest BCUT2D eigenvalue weighted by Gasteiger charge is -2.07. The third kappa shape index (κ3) is 5.77. The van der Waals surface area contributed by atoms with E-state index in [1.165, 1.54) is 6.07 Å². The van der Waals surface area contributed by atoms with E-state index in [-0.39, 0.29) is 11.3 Å². The van der Waals surface area contributed by atoms with Crippen LogP contribution in [0.25, 0.3) is 12.2 Å². The van der Waals surface area contributed by atoms with Gasteiger partial charge in [0, 0.05) is 11.1 Å². The minimum atomic E-state index is -3.70. The zero-order valence-electron chi connectivity index (χ0n) is 16.9. The van der Waals surface area contributed by atoms with Crippen LogP contribution in [0.2, 0.25) is 0 Å². The smallest absolute Gasteiger partial charge is 0.264 e. The Morgan fingerprint density at radius 1 is 1.13 bits per heavy atom. The van der Waals surface area contributed by atoms with Gasteiger partial charge in [0.25, 0.3) is 5.91 Å². The summed E-state index contributed by atoms with van der Waals surface area (Å²) in [6.07, 6.45) is 5.90. The minimum absolute atomic E-state index is 0.0856. The third-order valence-corrected chi connectivity index (χ3v) is 6.03. The van der Waals surface area contributed by atoms with E-state index in [0.29, 0.717) is 22.7 Å². The number of unbranched alkanes of at least 4 members (excludes halogenated alkanes) is 2. The van der Waals surface area contributed by atoms with E-state index >= 15 is 0 Å². The van der Waals surface area contributed by atoms with E-state index in [1.807, 2.05) is 49.4 Å². The van der Waals surface area contributed by atoms with Crippen LogP contribution in [-0.4, -0.2) is 25.2 Å². The molecule has 0 saturated heterocycles. The second-order valence-corrected chi connectivity index (χ2v) is 9.82. The first-order valence-corrected chi connectivity index (χ1v) is 11.8. The number of nitrogens with zero attached hydrogens (tertiary/aromatic N) is 2. The highest BCUT2D eigenvalue weighted by molar-refractivity contribution is 7.90. The molecule has 1 aliphatic rings. The Morgan fingerprint density at radius 2 is 1.87 bits per heavy atom. The molecule has 2 aromatic carbocycles. The molecule has 0 saturated carbocycles. The molecule has 3 rings (SSSR count). The summed E-state index contributed by atoms with van der Waals surface area (Å²) in [4.78, 5) is 21.4. The Morgan fingerprint density at radius 3 is 2.57 bits per heavy atom. The fraction of sp³-hybridized carbons (Fsp3) is 0.318. The topological polar surface area (TPSA) is 88.0 Å².